The fourth-order valence-corrected chi connectivity index (χ4v) is 4.39. The van der Waals surface area contributed by atoms with Crippen LogP contribution in [0.5, 0.6) is 0 Å². The molecular formula is C25H34N6O4. The molecule has 0 bridgehead atoms. The zero-order valence-electron chi connectivity index (χ0n) is 20.4. The molecule has 1 unspecified atom stereocenters. The van der Waals surface area contributed by atoms with E-state index in [0.29, 0.717) is 34.8 Å². The highest BCUT2D eigenvalue weighted by Crippen LogP contribution is 2.44. The molecule has 5 N–H and O–H groups in total. The lowest BCUT2D eigenvalue weighted by atomic mass is 9.81. The summed E-state index contributed by atoms with van der Waals surface area (Å²) in [7, 11) is 0. The van der Waals surface area contributed by atoms with E-state index < -0.39 is 16.8 Å². The zero-order valence-corrected chi connectivity index (χ0v) is 20.4. The predicted molar refractivity (Wildman–Crippen MR) is 136 cm³/mol. The second kappa shape index (κ2) is 12.1. The Hall–Kier alpha value is -3.69. The number of nitrogens with one attached hydrogen (secondary N) is 1. The van der Waals surface area contributed by atoms with E-state index in [-0.39, 0.29) is 17.5 Å². The van der Waals surface area contributed by atoms with Crippen molar-refractivity contribution in [2.75, 3.05) is 23.4 Å². The topological polar surface area (TPSA) is 159 Å². The third-order valence-electron chi connectivity index (χ3n) is 6.15. The van der Waals surface area contributed by atoms with E-state index in [4.69, 9.17) is 16.2 Å². The number of nitrogen functional groups attached to an aromatic ring is 2. The molecule has 1 aliphatic rings. The molecule has 0 radical (unpaired) electrons. The van der Waals surface area contributed by atoms with E-state index in [0.717, 1.165) is 19.3 Å². The lowest BCUT2D eigenvalue weighted by molar-refractivity contribution is -0.384. The molecule has 188 valence electrons. The third-order valence-corrected chi connectivity index (χ3v) is 6.15. The van der Waals surface area contributed by atoms with Gasteiger partial charge in [-0.05, 0) is 18.9 Å². The Morgan fingerprint density at radius 2 is 1.80 bits per heavy atom. The fraction of sp³-hybridized carbons (Fsp3) is 0.480. The summed E-state index contributed by atoms with van der Waals surface area (Å²) in [5.74, 6) is -0.796. The Labute approximate surface area is 205 Å². The minimum absolute atomic E-state index is 0.0138. The van der Waals surface area contributed by atoms with Crippen LogP contribution in [0.4, 0.5) is 23.3 Å². The van der Waals surface area contributed by atoms with Crippen LogP contribution in [-0.4, -0.2) is 27.5 Å². The van der Waals surface area contributed by atoms with Crippen molar-refractivity contribution in [3.05, 3.63) is 56.8 Å². The van der Waals surface area contributed by atoms with Gasteiger partial charge in [0, 0.05) is 23.4 Å². The van der Waals surface area contributed by atoms with Gasteiger partial charge in [0.2, 0.25) is 5.95 Å². The van der Waals surface area contributed by atoms with Gasteiger partial charge < -0.3 is 21.5 Å². The number of nitro groups is 1. The van der Waals surface area contributed by atoms with Crippen molar-refractivity contribution in [1.29, 1.82) is 0 Å². The quantitative estimate of drug-likeness (QED) is 0.162. The molecule has 0 aliphatic carbocycles. The largest absolute Gasteiger partial charge is 0.462 e. The number of hydrogen-bond acceptors (Lipinski definition) is 9. The van der Waals surface area contributed by atoms with Crippen LogP contribution in [0.3, 0.4) is 0 Å². The Morgan fingerprint density at radius 1 is 1.11 bits per heavy atom. The molecule has 1 atom stereocenters. The van der Waals surface area contributed by atoms with Crippen LogP contribution in [0.25, 0.3) is 0 Å². The van der Waals surface area contributed by atoms with Crippen LogP contribution in [0.15, 0.2) is 35.5 Å². The first kappa shape index (κ1) is 25.9. The summed E-state index contributed by atoms with van der Waals surface area (Å²) in [4.78, 5) is 32.4. The van der Waals surface area contributed by atoms with Gasteiger partial charge in [0.05, 0.1) is 23.0 Å². The standard InChI is InChI=1S/C25H34N6O4/c1-3-4-5-6-7-8-9-10-14-35-24(32)19-16(2)28-23-21(22(26)29-25(27)30-23)20(19)17-12-11-13-18(15-17)31(33)34/h11-13,15,20H,3-10,14H2,1-2H3,(H5,26,27,28,29,30). The molecule has 35 heavy (non-hydrogen) atoms. The average Bonchev–Trinajstić information content (AvgIpc) is 2.81. The molecule has 0 amide bonds. The van der Waals surface area contributed by atoms with Crippen LogP contribution >= 0.6 is 0 Å². The number of fused-ring (bicyclic) bond motifs is 1. The van der Waals surface area contributed by atoms with Gasteiger partial charge in [-0.1, -0.05) is 64.0 Å². The highest BCUT2D eigenvalue weighted by molar-refractivity contribution is 5.95. The monoisotopic (exact) mass is 482 g/mol. The van der Waals surface area contributed by atoms with Gasteiger partial charge in [0.1, 0.15) is 11.6 Å². The number of aromatic nitrogens is 2. The van der Waals surface area contributed by atoms with Crippen molar-refractivity contribution in [3.8, 4) is 0 Å². The van der Waals surface area contributed by atoms with Gasteiger partial charge in [0.15, 0.2) is 0 Å². The molecule has 0 spiro atoms. The number of nitrogens with zero attached hydrogens (tertiary/aromatic N) is 3. The highest BCUT2D eigenvalue weighted by Gasteiger charge is 2.36. The van der Waals surface area contributed by atoms with Crippen LogP contribution < -0.4 is 16.8 Å². The van der Waals surface area contributed by atoms with Gasteiger partial charge >= 0.3 is 5.97 Å². The number of rotatable bonds is 12. The number of hydrogen-bond donors (Lipinski definition) is 3. The third kappa shape index (κ3) is 6.46. The van der Waals surface area contributed by atoms with Crippen molar-refractivity contribution < 1.29 is 14.5 Å². The summed E-state index contributed by atoms with van der Waals surface area (Å²) >= 11 is 0. The molecule has 10 nitrogen and oxygen atoms in total. The van der Waals surface area contributed by atoms with E-state index in [2.05, 4.69) is 22.2 Å². The number of anilines is 3. The Balaban J connectivity index is 1.79. The van der Waals surface area contributed by atoms with Crippen LogP contribution in [0, 0.1) is 10.1 Å². The molecule has 10 heteroatoms. The first-order valence-corrected chi connectivity index (χ1v) is 12.2. The molecular weight excluding hydrogens is 448 g/mol. The van der Waals surface area contributed by atoms with Gasteiger partial charge in [-0.3, -0.25) is 10.1 Å². The zero-order chi connectivity index (χ0) is 25.4. The fourth-order valence-electron chi connectivity index (χ4n) is 4.39. The normalized spacial score (nSPS) is 14.9. The van der Waals surface area contributed by atoms with E-state index in [1.165, 1.54) is 44.2 Å². The van der Waals surface area contributed by atoms with E-state index in [1.54, 1.807) is 19.1 Å². The van der Waals surface area contributed by atoms with Crippen molar-refractivity contribution in [2.45, 2.75) is 71.1 Å². The minimum atomic E-state index is -0.738. The first-order valence-electron chi connectivity index (χ1n) is 12.2. The maximum absolute atomic E-state index is 13.2. The second-order valence-corrected chi connectivity index (χ2v) is 8.79. The van der Waals surface area contributed by atoms with Gasteiger partial charge in [0.25, 0.3) is 5.69 Å². The molecule has 2 aromatic rings. The molecule has 1 aliphatic heterocycles. The number of nitrogens with two attached hydrogens (primary N) is 2. The maximum Gasteiger partial charge on any atom is 0.336 e. The van der Waals surface area contributed by atoms with Gasteiger partial charge in [-0.2, -0.15) is 9.97 Å². The molecule has 0 saturated carbocycles. The number of allylic oxidation sites excluding steroid dienone is 1. The number of esters is 1. The maximum atomic E-state index is 13.2. The van der Waals surface area contributed by atoms with E-state index >= 15 is 0 Å². The predicted octanol–water partition coefficient (Wildman–Crippen LogP) is 5.06. The van der Waals surface area contributed by atoms with Gasteiger partial charge in [-0.25, -0.2) is 4.79 Å². The molecule has 0 saturated heterocycles. The number of nitro benzene ring substituents is 1. The van der Waals surface area contributed by atoms with E-state index in [1.807, 2.05) is 0 Å². The van der Waals surface area contributed by atoms with Crippen LogP contribution in [0.2, 0.25) is 0 Å². The molecule has 1 aromatic carbocycles. The summed E-state index contributed by atoms with van der Waals surface area (Å²) in [5.41, 5.74) is 13.7. The van der Waals surface area contributed by atoms with Gasteiger partial charge in [-0.15, -0.1) is 0 Å². The van der Waals surface area contributed by atoms with E-state index in [9.17, 15) is 14.9 Å². The number of carbonyl (C=O) groups is 1. The van der Waals surface area contributed by atoms with Crippen molar-refractivity contribution in [3.63, 3.8) is 0 Å². The Kier molecular flexibility index (Phi) is 8.99. The first-order chi connectivity index (χ1) is 16.8. The number of benzene rings is 1. The summed E-state index contributed by atoms with van der Waals surface area (Å²) in [6.45, 7) is 4.23. The number of carbonyl (C=O) groups excluding carboxylic acids is 1. The van der Waals surface area contributed by atoms with Crippen molar-refractivity contribution in [2.24, 2.45) is 0 Å². The highest BCUT2D eigenvalue weighted by atomic mass is 16.6. The number of non-ortho nitro benzene ring substituents is 1. The second-order valence-electron chi connectivity index (χ2n) is 8.79. The molecule has 0 fully saturated rings. The van der Waals surface area contributed by atoms with Crippen LogP contribution in [-0.2, 0) is 9.53 Å². The summed E-state index contributed by atoms with van der Waals surface area (Å²) < 4.78 is 5.63. The minimum Gasteiger partial charge on any atom is -0.462 e. The molecule has 2 heterocycles. The average molecular weight is 483 g/mol. The summed E-state index contributed by atoms with van der Waals surface area (Å²) in [5, 5.41) is 14.5. The Morgan fingerprint density at radius 3 is 2.49 bits per heavy atom. The lowest BCUT2D eigenvalue weighted by Gasteiger charge is -2.30. The summed E-state index contributed by atoms with van der Waals surface area (Å²) in [6, 6.07) is 6.10. The van der Waals surface area contributed by atoms with Crippen molar-refractivity contribution in [1.82, 2.24) is 9.97 Å². The smallest absolute Gasteiger partial charge is 0.336 e. The Bertz CT molecular complexity index is 1100. The summed E-state index contributed by atoms with van der Waals surface area (Å²) in [6.07, 6.45) is 9.09. The van der Waals surface area contributed by atoms with Crippen LogP contribution in [0.1, 0.15) is 82.3 Å². The SMILES string of the molecule is CCCCCCCCCCOC(=O)C1=C(C)Nc2nc(N)nc(N)c2C1c1cccc([N+](=O)[O-])c1. The number of ether oxygens (including phenoxy) is 1. The number of unbranched alkanes of at least 4 members (excludes halogenated alkanes) is 7. The van der Waals surface area contributed by atoms with Crippen molar-refractivity contribution >= 4 is 29.2 Å². The lowest BCUT2D eigenvalue weighted by Crippen LogP contribution is -2.27. The molecule has 1 aromatic heterocycles. The molecule has 3 rings (SSSR count).